The zero-order chi connectivity index (χ0) is 9.28. The molecular weight excluding hydrogens is 313 g/mol. The maximum absolute atomic E-state index is 10.3. The molecule has 0 aromatic rings. The summed E-state index contributed by atoms with van der Waals surface area (Å²) in [6.07, 6.45) is 0. The molecule has 0 fully saturated rings. The van der Waals surface area contributed by atoms with Crippen LogP contribution >= 0.6 is 15.2 Å². The predicted molar refractivity (Wildman–Crippen MR) is 40.5 cm³/mol. The Hall–Kier alpha value is 5.26. The molecule has 0 bridgehead atoms. The van der Waals surface area contributed by atoms with Gasteiger partial charge < -0.3 is 31.8 Å². The molecule has 5 N–H and O–H groups in total. The van der Waals surface area contributed by atoms with Gasteiger partial charge in [0, 0.05) is 0 Å². The molecule has 0 amide bonds. The number of rotatable bonds is 3. The van der Waals surface area contributed by atoms with Gasteiger partial charge in [-0.3, -0.25) is 9.13 Å². The first-order valence-corrected chi connectivity index (χ1v) is 5.77. The average molecular weight is 326 g/mol. The van der Waals surface area contributed by atoms with Gasteiger partial charge >= 0.3 is 163 Å². The summed E-state index contributed by atoms with van der Waals surface area (Å²) in [7, 11) is -9.82. The van der Waals surface area contributed by atoms with Crippen LogP contribution in [0, 0.1) is 0 Å². The molecule has 0 unspecified atom stereocenters. The van der Waals surface area contributed by atoms with Gasteiger partial charge in [-0.1, -0.05) is 0 Å². The number of hydrogen-bond acceptors (Lipinski definition) is 3. The van der Waals surface area contributed by atoms with Gasteiger partial charge in [-0.15, -0.1) is 0 Å². The van der Waals surface area contributed by atoms with Crippen LogP contribution in [0.15, 0.2) is 0 Å². The van der Waals surface area contributed by atoms with Crippen LogP contribution in [-0.4, -0.2) is 36.7 Å². The second kappa shape index (κ2) is 16.6. The fraction of sp³-hybridized carbons (Fsp3) is 1.00. The minimum Gasteiger partial charge on any atom is -1.00 e. The predicted octanol–water partition coefficient (Wildman–Crippen LogP) is -15.8. The van der Waals surface area contributed by atoms with Crippen molar-refractivity contribution < 1.29 is 189 Å². The second-order valence-corrected chi connectivity index (χ2v) is 5.85. The van der Waals surface area contributed by atoms with Crippen LogP contribution in [0.1, 0.15) is 7.13 Å². The Kier molecular flexibility index (Phi) is 38.9. The molecule has 0 aliphatic heterocycles. The van der Waals surface area contributed by atoms with Gasteiger partial charge in [0.15, 0.2) is 5.40 Å². The summed E-state index contributed by atoms with van der Waals surface area (Å²) in [5, 5.41) is 5.92. The second-order valence-electron chi connectivity index (χ2n) is 1.84. The van der Waals surface area contributed by atoms with Crippen LogP contribution < -0.4 is 148 Å². The maximum atomic E-state index is 10.3. The Labute approximate surface area is 211 Å². The van der Waals surface area contributed by atoms with Gasteiger partial charge in [-0.05, 0) is 0 Å². The third-order valence-electron chi connectivity index (χ3n) is 0.940. The van der Waals surface area contributed by atoms with E-state index < -0.39 is 27.2 Å². The van der Waals surface area contributed by atoms with Crippen LogP contribution in [0.25, 0.3) is 0 Å². The largest absolute Gasteiger partial charge is 1.00 e. The minimum atomic E-state index is -4.91. The van der Waals surface area contributed by atoms with Crippen LogP contribution in [0.5, 0.6) is 0 Å². The molecule has 0 heterocycles. The zero-order valence-corrected chi connectivity index (χ0v) is 22.0. The standard InChI is InChI=1S/C2H8O7P2.5Na.5H/c3-1-2(10(4,5)6)11(7,8)9;;;;;;;;;;/h2-3H,1H2,(H2,4,5,6)(H2,7,8,9);;;;;;;;;;/q;5*+1;5*-1. The van der Waals surface area contributed by atoms with Gasteiger partial charge in [0.2, 0.25) is 0 Å². The molecule has 0 saturated heterocycles. The first-order chi connectivity index (χ1) is 4.69. The van der Waals surface area contributed by atoms with E-state index in [9.17, 15) is 9.13 Å². The molecule has 16 heavy (non-hydrogen) atoms. The van der Waals surface area contributed by atoms with Crippen molar-refractivity contribution in [3.8, 4) is 0 Å². The Morgan fingerprint density at radius 2 is 1.00 bits per heavy atom. The molecule has 0 saturated carbocycles. The molecule has 78 valence electrons. The molecule has 0 atom stereocenters. The summed E-state index contributed by atoms with van der Waals surface area (Å²) >= 11 is 0. The maximum Gasteiger partial charge on any atom is 1.00 e. The normalized spacial score (nSPS) is 9.62. The molecule has 0 aromatic heterocycles. The van der Waals surface area contributed by atoms with Crippen molar-refractivity contribution in [3.05, 3.63) is 0 Å². The molecule has 7 nitrogen and oxygen atoms in total. The molecule has 0 aliphatic carbocycles. The van der Waals surface area contributed by atoms with Crippen molar-refractivity contribution in [1.29, 1.82) is 0 Å². The van der Waals surface area contributed by atoms with Crippen LogP contribution in [0.2, 0.25) is 0 Å². The molecule has 0 spiro atoms. The van der Waals surface area contributed by atoms with E-state index in [1.165, 1.54) is 0 Å². The topological polar surface area (TPSA) is 135 Å². The summed E-state index contributed by atoms with van der Waals surface area (Å²) in [5.74, 6) is 0. The van der Waals surface area contributed by atoms with E-state index in [1.807, 2.05) is 0 Å². The fourth-order valence-corrected chi connectivity index (χ4v) is 2.40. The van der Waals surface area contributed by atoms with Gasteiger partial charge in [-0.25, -0.2) is 0 Å². The first-order valence-electron chi connectivity index (χ1n) is 2.41. The molecule has 0 aromatic carbocycles. The van der Waals surface area contributed by atoms with E-state index in [0.717, 1.165) is 0 Å². The molecule has 0 aliphatic rings. The molecule has 14 heteroatoms. The van der Waals surface area contributed by atoms with Gasteiger partial charge in [0.1, 0.15) is 0 Å². The van der Waals surface area contributed by atoms with Crippen LogP contribution in [0.4, 0.5) is 0 Å². The van der Waals surface area contributed by atoms with Crippen molar-refractivity contribution in [2.45, 2.75) is 5.40 Å². The quantitative estimate of drug-likeness (QED) is 0.257. The Morgan fingerprint density at radius 1 is 0.812 bits per heavy atom. The van der Waals surface area contributed by atoms with Crippen LogP contribution in [-0.2, 0) is 9.13 Å². The molecular formula is C2H13Na5O7P2. The average Bonchev–Trinajstić information content (AvgIpc) is 1.56. The summed E-state index contributed by atoms with van der Waals surface area (Å²) in [6, 6.07) is 0. The van der Waals surface area contributed by atoms with E-state index in [2.05, 4.69) is 0 Å². The van der Waals surface area contributed by atoms with E-state index in [0.29, 0.717) is 0 Å². The smallest absolute Gasteiger partial charge is 1.00 e. The van der Waals surface area contributed by atoms with E-state index in [4.69, 9.17) is 24.7 Å². The van der Waals surface area contributed by atoms with Crippen molar-refractivity contribution in [2.75, 3.05) is 6.61 Å². The number of aliphatic hydroxyl groups is 1. The number of hydrogen-bond donors (Lipinski definition) is 5. The Bertz CT molecular complexity index is 219. The van der Waals surface area contributed by atoms with Gasteiger partial charge in [0.25, 0.3) is 0 Å². The van der Waals surface area contributed by atoms with Crippen molar-refractivity contribution in [1.82, 2.24) is 0 Å². The van der Waals surface area contributed by atoms with E-state index in [1.54, 1.807) is 0 Å². The zero-order valence-electron chi connectivity index (χ0n) is 15.2. The molecule has 0 rings (SSSR count). The summed E-state index contributed by atoms with van der Waals surface area (Å²) in [5.41, 5.74) is 0. The third-order valence-corrected chi connectivity index (χ3v) is 4.62. The first kappa shape index (κ1) is 37.5. The van der Waals surface area contributed by atoms with Crippen LogP contribution in [0.3, 0.4) is 0 Å². The number of aliphatic hydroxyl groups excluding tert-OH is 1. The summed E-state index contributed by atoms with van der Waals surface area (Å²) in [6.45, 7) is -1.24. The van der Waals surface area contributed by atoms with Crippen molar-refractivity contribution in [2.24, 2.45) is 0 Å². The van der Waals surface area contributed by atoms with E-state index >= 15 is 0 Å². The summed E-state index contributed by atoms with van der Waals surface area (Å²) in [4.78, 5) is 33.1. The monoisotopic (exact) mass is 326 g/mol. The molecule has 0 radical (unpaired) electrons. The van der Waals surface area contributed by atoms with Crippen molar-refractivity contribution in [3.63, 3.8) is 0 Å². The fourth-order valence-electron chi connectivity index (χ4n) is 0.409. The SMILES string of the molecule is O=P(O)(O)C(CO)P(=O)(O)O.[H-].[H-].[H-].[H-].[H-].[Na+].[Na+].[Na+].[Na+].[Na+]. The Morgan fingerprint density at radius 3 is 1.00 bits per heavy atom. The minimum absolute atomic E-state index is 0. The van der Waals surface area contributed by atoms with E-state index in [-0.39, 0.29) is 155 Å². The third kappa shape index (κ3) is 17.3. The summed E-state index contributed by atoms with van der Waals surface area (Å²) < 4.78 is 20.5. The Balaban J connectivity index is -0.0000000111. The van der Waals surface area contributed by atoms with Crippen molar-refractivity contribution >= 4 is 15.2 Å². The van der Waals surface area contributed by atoms with Gasteiger partial charge in [-0.2, -0.15) is 0 Å². The van der Waals surface area contributed by atoms with Gasteiger partial charge in [0.05, 0.1) is 6.61 Å².